The van der Waals surface area contributed by atoms with Crippen LogP contribution >= 0.6 is 0 Å². The molecule has 0 aliphatic carbocycles. The minimum absolute atomic E-state index is 0.247. The Morgan fingerprint density at radius 1 is 0.515 bits per heavy atom. The maximum Gasteiger partial charge on any atom is 0.220 e. The Hall–Kier alpha value is -1.53. The maximum absolute atomic E-state index is 13.2. The quantitative estimate of drug-likeness (QED) is 0.0208. The highest BCUT2D eigenvalue weighted by Gasteiger charge is 2.51. The fraction of sp³-hybridized carbons (Fsp3) is 0.907. The van der Waals surface area contributed by atoms with E-state index < -0.39 is 86.8 Å². The van der Waals surface area contributed by atoms with E-state index in [0.29, 0.717) is 6.42 Å². The van der Waals surface area contributed by atoms with Crippen molar-refractivity contribution in [2.24, 2.45) is 0 Å². The average molecular weight is 972 g/mol. The molecule has 2 saturated heterocycles. The summed E-state index contributed by atoms with van der Waals surface area (Å²) in [6.45, 7) is 2.79. The molecule has 9 N–H and O–H groups in total. The van der Waals surface area contributed by atoms with Gasteiger partial charge in [-0.05, 0) is 44.9 Å². The predicted octanol–water partition coefficient (Wildman–Crippen LogP) is 8.11. The first-order valence-electron chi connectivity index (χ1n) is 27.6. The summed E-state index contributed by atoms with van der Waals surface area (Å²) >= 11 is 0. The van der Waals surface area contributed by atoms with Crippen molar-refractivity contribution in [2.45, 2.75) is 293 Å². The van der Waals surface area contributed by atoms with E-state index in [4.69, 9.17) is 18.9 Å². The van der Waals surface area contributed by atoms with Crippen LogP contribution < -0.4 is 5.32 Å². The normalized spacial score (nSPS) is 26.5. The van der Waals surface area contributed by atoms with Crippen molar-refractivity contribution in [3.63, 3.8) is 0 Å². The molecule has 2 aliphatic rings. The van der Waals surface area contributed by atoms with Crippen LogP contribution in [-0.2, 0) is 23.7 Å². The lowest BCUT2D eigenvalue weighted by Crippen LogP contribution is -2.65. The third-order valence-electron chi connectivity index (χ3n) is 13.6. The van der Waals surface area contributed by atoms with Crippen LogP contribution in [0.5, 0.6) is 0 Å². The molecule has 2 rings (SSSR count). The zero-order valence-electron chi connectivity index (χ0n) is 42.6. The number of unbranched alkanes of at least 4 members (excludes halogenated alkanes) is 28. The van der Waals surface area contributed by atoms with Crippen molar-refractivity contribution in [1.29, 1.82) is 0 Å². The molecule has 0 aromatic rings. The van der Waals surface area contributed by atoms with Gasteiger partial charge in [0.1, 0.15) is 48.8 Å². The second-order valence-electron chi connectivity index (χ2n) is 19.7. The Morgan fingerprint density at radius 3 is 1.40 bits per heavy atom. The van der Waals surface area contributed by atoms with Crippen molar-refractivity contribution in [1.82, 2.24) is 5.32 Å². The molecule has 2 aliphatic heterocycles. The molecule has 2 fully saturated rings. The number of nitrogens with one attached hydrogen (secondary N) is 1. The number of aliphatic hydroxyl groups is 8. The van der Waals surface area contributed by atoms with E-state index in [0.717, 1.165) is 57.8 Å². The Kier molecular flexibility index (Phi) is 37.7. The summed E-state index contributed by atoms with van der Waals surface area (Å²) in [5, 5.41) is 86.9. The Labute approximate surface area is 411 Å². The molecule has 12 atom stereocenters. The number of hydrogen-bond donors (Lipinski definition) is 9. The molecule has 14 heteroatoms. The van der Waals surface area contributed by atoms with Gasteiger partial charge in [0.2, 0.25) is 5.91 Å². The molecule has 14 nitrogen and oxygen atoms in total. The number of rotatable bonds is 43. The van der Waals surface area contributed by atoms with Crippen LogP contribution in [0.15, 0.2) is 24.3 Å². The van der Waals surface area contributed by atoms with Crippen LogP contribution in [0.25, 0.3) is 0 Å². The first-order valence-corrected chi connectivity index (χ1v) is 27.6. The van der Waals surface area contributed by atoms with Crippen molar-refractivity contribution in [3.8, 4) is 0 Å². The topological polar surface area (TPSA) is 228 Å². The molecular formula is C54H101NO13. The van der Waals surface area contributed by atoms with Crippen LogP contribution in [0.1, 0.15) is 219 Å². The van der Waals surface area contributed by atoms with Gasteiger partial charge in [0.05, 0.1) is 32.0 Å². The fourth-order valence-electron chi connectivity index (χ4n) is 9.11. The minimum Gasteiger partial charge on any atom is -0.394 e. The summed E-state index contributed by atoms with van der Waals surface area (Å²) in [5.74, 6) is -0.247. The number of carbonyl (C=O) groups is 1. The number of hydrogen-bond acceptors (Lipinski definition) is 13. The fourth-order valence-corrected chi connectivity index (χ4v) is 9.11. The zero-order chi connectivity index (χ0) is 49.6. The van der Waals surface area contributed by atoms with E-state index in [1.807, 2.05) is 6.08 Å². The summed E-state index contributed by atoms with van der Waals surface area (Å²) in [6.07, 6.45) is 29.2. The molecule has 12 unspecified atom stereocenters. The van der Waals surface area contributed by atoms with Crippen LogP contribution in [0.4, 0.5) is 0 Å². The van der Waals surface area contributed by atoms with Gasteiger partial charge in [0.15, 0.2) is 12.6 Å². The molecule has 68 heavy (non-hydrogen) atoms. The maximum atomic E-state index is 13.2. The summed E-state index contributed by atoms with van der Waals surface area (Å²) in [7, 11) is 0. The van der Waals surface area contributed by atoms with Gasteiger partial charge in [-0.15, -0.1) is 0 Å². The second kappa shape index (κ2) is 41.0. The van der Waals surface area contributed by atoms with Gasteiger partial charge in [0, 0.05) is 6.42 Å². The molecule has 0 bridgehead atoms. The molecule has 400 valence electrons. The monoisotopic (exact) mass is 972 g/mol. The summed E-state index contributed by atoms with van der Waals surface area (Å²) < 4.78 is 22.7. The van der Waals surface area contributed by atoms with Crippen molar-refractivity contribution < 1.29 is 64.6 Å². The Balaban J connectivity index is 1.82. The third-order valence-corrected chi connectivity index (χ3v) is 13.6. The van der Waals surface area contributed by atoms with Crippen LogP contribution in [0.3, 0.4) is 0 Å². The van der Waals surface area contributed by atoms with Crippen molar-refractivity contribution >= 4 is 5.91 Å². The minimum atomic E-state index is -1.79. The standard InChI is InChI=1S/C54H101NO13/c1-3-5-7-9-11-13-15-17-19-20-21-22-24-25-27-29-31-33-35-37-43(58)42(55-46(59)38-36-34-32-30-28-26-23-18-16-14-12-10-8-6-4-2)41-65-53-51(64)49(62)52(45(40-57)67-53)68-54-50(63)48(61)47(60)44(39-56)66-54/h18,23,35,37,42-45,47-54,56-58,60-64H,3-17,19-22,24-34,36,38-41H2,1-2H3,(H,55,59)/b23-18-,37-35+. The third kappa shape index (κ3) is 27.3. The summed E-state index contributed by atoms with van der Waals surface area (Å²) in [6, 6.07) is -0.916. The number of carbonyl (C=O) groups excluding carboxylic acids is 1. The summed E-state index contributed by atoms with van der Waals surface area (Å²) in [4.78, 5) is 13.2. The second-order valence-corrected chi connectivity index (χ2v) is 19.7. The molecule has 0 aromatic heterocycles. The Morgan fingerprint density at radius 2 is 0.926 bits per heavy atom. The van der Waals surface area contributed by atoms with Gasteiger partial charge < -0.3 is 65.1 Å². The van der Waals surface area contributed by atoms with Gasteiger partial charge in [-0.1, -0.05) is 192 Å². The number of allylic oxidation sites excluding steroid dienone is 3. The highest BCUT2D eigenvalue weighted by atomic mass is 16.7. The predicted molar refractivity (Wildman–Crippen MR) is 268 cm³/mol. The highest BCUT2D eigenvalue weighted by Crippen LogP contribution is 2.30. The van der Waals surface area contributed by atoms with Crippen LogP contribution in [0, 0.1) is 0 Å². The largest absolute Gasteiger partial charge is 0.394 e. The lowest BCUT2D eigenvalue weighted by Gasteiger charge is -2.46. The van der Waals surface area contributed by atoms with Gasteiger partial charge in [-0.2, -0.15) is 0 Å². The number of aliphatic hydroxyl groups excluding tert-OH is 8. The highest BCUT2D eigenvalue weighted by molar-refractivity contribution is 5.76. The first-order chi connectivity index (χ1) is 33.1. The molecule has 1 amide bonds. The zero-order valence-corrected chi connectivity index (χ0v) is 42.6. The lowest BCUT2D eigenvalue weighted by molar-refractivity contribution is -0.359. The van der Waals surface area contributed by atoms with E-state index in [1.54, 1.807) is 6.08 Å². The first kappa shape index (κ1) is 62.6. The van der Waals surface area contributed by atoms with Crippen molar-refractivity contribution in [3.05, 3.63) is 24.3 Å². The van der Waals surface area contributed by atoms with Gasteiger partial charge in [-0.3, -0.25) is 4.79 Å². The molecule has 2 heterocycles. The van der Waals surface area contributed by atoms with Gasteiger partial charge in [0.25, 0.3) is 0 Å². The number of ether oxygens (including phenoxy) is 4. The van der Waals surface area contributed by atoms with Crippen LogP contribution in [0.2, 0.25) is 0 Å². The SMILES string of the molecule is CCCCCCCC/C=C\CCCCCCCC(=O)NC(COC1OC(CO)C(OC2OC(CO)C(O)C(O)C2O)C(O)C1O)C(O)/C=C/CCCCCCCCCCCCCCCCCCC. The van der Waals surface area contributed by atoms with Crippen molar-refractivity contribution in [2.75, 3.05) is 19.8 Å². The van der Waals surface area contributed by atoms with Crippen LogP contribution in [-0.4, -0.2) is 140 Å². The van der Waals surface area contributed by atoms with E-state index in [1.165, 1.54) is 135 Å². The van der Waals surface area contributed by atoms with Gasteiger partial charge >= 0.3 is 0 Å². The van der Waals surface area contributed by atoms with Gasteiger partial charge in [-0.25, -0.2) is 0 Å². The molecule has 0 aromatic carbocycles. The summed E-state index contributed by atoms with van der Waals surface area (Å²) in [5.41, 5.74) is 0. The van der Waals surface area contributed by atoms with E-state index in [-0.39, 0.29) is 18.9 Å². The number of amides is 1. The molecule has 0 spiro atoms. The average Bonchev–Trinajstić information content (AvgIpc) is 3.34. The molecule has 0 radical (unpaired) electrons. The molecular weight excluding hydrogens is 871 g/mol. The smallest absolute Gasteiger partial charge is 0.220 e. The lowest BCUT2D eigenvalue weighted by atomic mass is 9.97. The van der Waals surface area contributed by atoms with E-state index >= 15 is 0 Å². The Bertz CT molecular complexity index is 1240. The molecule has 0 saturated carbocycles. The van der Waals surface area contributed by atoms with E-state index in [9.17, 15) is 45.6 Å². The van der Waals surface area contributed by atoms with E-state index in [2.05, 4.69) is 31.3 Å².